The van der Waals surface area contributed by atoms with Crippen LogP contribution < -0.4 is 15.8 Å². The molecular weight excluding hydrogens is 395 g/mol. The summed E-state index contributed by atoms with van der Waals surface area (Å²) in [6, 6.07) is 10.00. The van der Waals surface area contributed by atoms with Crippen LogP contribution in [0, 0.1) is 5.41 Å². The van der Waals surface area contributed by atoms with E-state index >= 15 is 0 Å². The summed E-state index contributed by atoms with van der Waals surface area (Å²) in [5, 5.41) is 10.8. The number of carbonyl (C=O) groups excluding carboxylic acids is 1. The molecule has 3 aliphatic carbocycles. The Bertz CT molecular complexity index is 906. The van der Waals surface area contributed by atoms with E-state index in [1.165, 1.54) is 5.56 Å². The van der Waals surface area contributed by atoms with Gasteiger partial charge in [0.25, 0.3) is 0 Å². The number of amides is 1. The normalized spacial score (nSPS) is 25.3. The summed E-state index contributed by atoms with van der Waals surface area (Å²) in [6.07, 6.45) is 9.60. The molecule has 0 atom stereocenters. The topological polar surface area (TPSA) is 90.1 Å². The molecule has 3 saturated carbocycles. The number of aromatic nitrogens is 2. The molecule has 0 spiro atoms. The highest BCUT2D eigenvalue weighted by Gasteiger charge is 2.52. The molecule has 7 heteroatoms. The van der Waals surface area contributed by atoms with Crippen molar-refractivity contribution in [3.63, 3.8) is 0 Å². The summed E-state index contributed by atoms with van der Waals surface area (Å²) >= 11 is 0. The van der Waals surface area contributed by atoms with E-state index in [1.807, 2.05) is 18.2 Å². The molecule has 3 fully saturated rings. The Labute approximate surface area is 182 Å². The molecule has 0 unspecified atom stereocenters. The van der Waals surface area contributed by atoms with Crippen molar-refractivity contribution in [2.45, 2.75) is 50.5 Å². The number of rotatable bonds is 8. The van der Waals surface area contributed by atoms with Gasteiger partial charge in [0.1, 0.15) is 12.4 Å². The van der Waals surface area contributed by atoms with E-state index in [9.17, 15) is 9.18 Å². The fourth-order valence-electron chi connectivity index (χ4n) is 4.97. The van der Waals surface area contributed by atoms with Crippen molar-refractivity contribution in [1.29, 1.82) is 0 Å². The minimum absolute atomic E-state index is 0.136. The summed E-state index contributed by atoms with van der Waals surface area (Å²) in [5.41, 5.74) is 8.05. The van der Waals surface area contributed by atoms with Crippen molar-refractivity contribution in [2.75, 3.05) is 13.2 Å². The van der Waals surface area contributed by atoms with Crippen molar-refractivity contribution in [2.24, 2.45) is 11.1 Å². The van der Waals surface area contributed by atoms with Crippen LogP contribution in [-0.4, -0.2) is 29.3 Å². The van der Waals surface area contributed by atoms with Crippen LogP contribution in [0.5, 0.6) is 5.75 Å². The summed E-state index contributed by atoms with van der Waals surface area (Å²) in [4.78, 5) is 13.0. The van der Waals surface area contributed by atoms with Gasteiger partial charge >= 0.3 is 0 Å². The van der Waals surface area contributed by atoms with Crippen molar-refractivity contribution in [1.82, 2.24) is 15.5 Å². The molecular formula is C24H29FN4O2. The molecule has 3 aliphatic rings. The Balaban J connectivity index is 1.35. The molecule has 2 bridgehead atoms. The zero-order valence-electron chi connectivity index (χ0n) is 17.6. The summed E-state index contributed by atoms with van der Waals surface area (Å²) in [5.74, 6) is 0.872. The maximum absolute atomic E-state index is 13.0. The molecule has 0 radical (unpaired) electrons. The van der Waals surface area contributed by atoms with Gasteiger partial charge < -0.3 is 15.8 Å². The lowest BCUT2D eigenvalue weighted by Crippen LogP contribution is -2.51. The third kappa shape index (κ3) is 4.46. The lowest BCUT2D eigenvalue weighted by atomic mass is 9.51. The molecule has 6 nitrogen and oxygen atoms in total. The first-order valence-electron chi connectivity index (χ1n) is 10.8. The van der Waals surface area contributed by atoms with E-state index in [-0.39, 0.29) is 29.9 Å². The summed E-state index contributed by atoms with van der Waals surface area (Å²) in [7, 11) is 0. The van der Waals surface area contributed by atoms with Gasteiger partial charge in [-0.15, -0.1) is 0 Å². The Morgan fingerprint density at radius 3 is 2.39 bits per heavy atom. The number of hydrogen-bond acceptors (Lipinski definition) is 5. The highest BCUT2D eigenvalue weighted by Crippen LogP contribution is 2.57. The summed E-state index contributed by atoms with van der Waals surface area (Å²) < 4.78 is 18.3. The molecule has 164 valence electrons. The smallest absolute Gasteiger partial charge is 0.226 e. The second-order valence-corrected chi connectivity index (χ2v) is 8.78. The SMILES string of the molecule is NCC(=CF)COc1ccc(C23CCC(C(=O)NCc4ccnnc4)(CC2)CC3)cc1. The molecule has 1 aromatic heterocycles. The quantitative estimate of drug-likeness (QED) is 0.676. The zero-order valence-corrected chi connectivity index (χ0v) is 17.6. The number of nitrogens with two attached hydrogens (primary N) is 1. The number of carbonyl (C=O) groups is 1. The number of hydrogen-bond donors (Lipinski definition) is 2. The average molecular weight is 425 g/mol. The highest BCUT2D eigenvalue weighted by molar-refractivity contribution is 5.83. The Kier molecular flexibility index (Phi) is 6.32. The van der Waals surface area contributed by atoms with Crippen molar-refractivity contribution in [3.8, 4) is 5.75 Å². The molecule has 1 heterocycles. The molecule has 31 heavy (non-hydrogen) atoms. The van der Waals surface area contributed by atoms with Gasteiger partial charge in [0.05, 0.1) is 12.5 Å². The molecule has 1 aromatic carbocycles. The largest absolute Gasteiger partial charge is 0.489 e. The van der Waals surface area contributed by atoms with E-state index in [0.29, 0.717) is 24.2 Å². The van der Waals surface area contributed by atoms with Crippen LogP contribution in [0.3, 0.4) is 0 Å². The minimum Gasteiger partial charge on any atom is -0.489 e. The first kappa shape index (κ1) is 21.4. The molecule has 1 amide bonds. The first-order valence-corrected chi connectivity index (χ1v) is 10.8. The number of halogens is 1. The van der Waals surface area contributed by atoms with Gasteiger partial charge in [-0.25, -0.2) is 4.39 Å². The van der Waals surface area contributed by atoms with E-state index in [0.717, 1.165) is 44.1 Å². The molecule has 2 aromatic rings. The van der Waals surface area contributed by atoms with Crippen molar-refractivity contribution in [3.05, 3.63) is 65.8 Å². The number of ether oxygens (including phenoxy) is 1. The standard InChI is InChI=1S/C24H29FN4O2/c25-13-19(14-26)17-31-21-3-1-20(2-4-21)23-6-9-24(10-7-23,11-8-23)22(30)27-15-18-5-12-28-29-16-18/h1-5,12-13,16H,6-11,14-15,17,26H2,(H,27,30). The van der Waals surface area contributed by atoms with E-state index < -0.39 is 0 Å². The molecule has 3 N–H and O–H groups in total. The van der Waals surface area contributed by atoms with Gasteiger partial charge in [-0.05, 0) is 73.3 Å². The van der Waals surface area contributed by atoms with Gasteiger partial charge in [0.15, 0.2) is 0 Å². The lowest BCUT2D eigenvalue weighted by Gasteiger charge is -2.52. The van der Waals surface area contributed by atoms with E-state index in [4.69, 9.17) is 10.5 Å². The van der Waals surface area contributed by atoms with Crippen molar-refractivity contribution < 1.29 is 13.9 Å². The average Bonchev–Trinajstić information content (AvgIpc) is 2.85. The van der Waals surface area contributed by atoms with Gasteiger partial charge in [0, 0.05) is 30.3 Å². The van der Waals surface area contributed by atoms with Crippen molar-refractivity contribution >= 4 is 5.91 Å². The fourth-order valence-corrected chi connectivity index (χ4v) is 4.97. The summed E-state index contributed by atoms with van der Waals surface area (Å²) in [6.45, 7) is 0.795. The fraction of sp³-hybridized carbons (Fsp3) is 0.458. The van der Waals surface area contributed by atoms with Crippen LogP contribution in [0.4, 0.5) is 4.39 Å². The molecule has 0 saturated heterocycles. The monoisotopic (exact) mass is 424 g/mol. The number of fused-ring (bicyclic) bond motifs is 3. The van der Waals surface area contributed by atoms with Crippen LogP contribution >= 0.6 is 0 Å². The predicted molar refractivity (Wildman–Crippen MR) is 116 cm³/mol. The number of benzene rings is 1. The minimum atomic E-state index is -0.247. The maximum Gasteiger partial charge on any atom is 0.226 e. The van der Waals surface area contributed by atoms with Gasteiger partial charge in [-0.1, -0.05) is 12.1 Å². The maximum atomic E-state index is 13.0. The second-order valence-electron chi connectivity index (χ2n) is 8.78. The van der Waals surface area contributed by atoms with E-state index in [2.05, 4.69) is 27.6 Å². The molecule has 5 rings (SSSR count). The third-order valence-electron chi connectivity index (χ3n) is 7.13. The Morgan fingerprint density at radius 1 is 1.10 bits per heavy atom. The van der Waals surface area contributed by atoms with Gasteiger partial charge in [-0.2, -0.15) is 10.2 Å². The zero-order chi connectivity index (χ0) is 21.7. The Morgan fingerprint density at radius 2 is 1.81 bits per heavy atom. The van der Waals surface area contributed by atoms with Gasteiger partial charge in [-0.3, -0.25) is 4.79 Å². The van der Waals surface area contributed by atoms with Crippen LogP contribution in [0.25, 0.3) is 0 Å². The second kappa shape index (κ2) is 9.14. The first-order chi connectivity index (χ1) is 15.1. The van der Waals surface area contributed by atoms with Crippen LogP contribution in [0.15, 0.2) is 54.6 Å². The highest BCUT2D eigenvalue weighted by atomic mass is 19.1. The van der Waals surface area contributed by atoms with Crippen LogP contribution in [-0.2, 0) is 16.8 Å². The van der Waals surface area contributed by atoms with Crippen LogP contribution in [0.2, 0.25) is 0 Å². The third-order valence-corrected chi connectivity index (χ3v) is 7.13. The predicted octanol–water partition coefficient (Wildman–Crippen LogP) is 3.58. The Hall–Kier alpha value is -2.80. The van der Waals surface area contributed by atoms with Gasteiger partial charge in [0.2, 0.25) is 5.91 Å². The van der Waals surface area contributed by atoms with Crippen LogP contribution in [0.1, 0.15) is 49.7 Å². The number of nitrogens with one attached hydrogen (secondary N) is 1. The van der Waals surface area contributed by atoms with E-state index in [1.54, 1.807) is 12.4 Å². The lowest BCUT2D eigenvalue weighted by molar-refractivity contribution is -0.138. The molecule has 0 aliphatic heterocycles. The number of nitrogens with zero attached hydrogens (tertiary/aromatic N) is 2.